The number of ether oxygens (including phenoxy) is 1. The third-order valence-electron chi connectivity index (χ3n) is 1.18. The van der Waals surface area contributed by atoms with Crippen LogP contribution in [0.3, 0.4) is 0 Å². The van der Waals surface area contributed by atoms with Crippen molar-refractivity contribution in [2.45, 2.75) is 0 Å². The predicted octanol–water partition coefficient (Wildman–Crippen LogP) is 0.142. The lowest BCUT2D eigenvalue weighted by Crippen LogP contribution is -2.20. The second kappa shape index (κ2) is 7.63. The highest BCUT2D eigenvalue weighted by Gasteiger charge is 2.06. The summed E-state index contributed by atoms with van der Waals surface area (Å²) in [4.78, 5) is 23.3. The highest BCUT2D eigenvalue weighted by molar-refractivity contribution is 5.88. The number of nitrogens with zero attached hydrogens (tertiary/aromatic N) is 3. The van der Waals surface area contributed by atoms with E-state index >= 15 is 0 Å². The minimum absolute atomic E-state index is 0.0624. The Kier molecular flexibility index (Phi) is 6.53. The van der Waals surface area contributed by atoms with Gasteiger partial charge in [0.15, 0.2) is 0 Å². The van der Waals surface area contributed by atoms with Crippen molar-refractivity contribution >= 4 is 12.4 Å². The smallest absolute Gasteiger partial charge is 0.333 e. The minimum Gasteiger partial charge on any atom is -0.460 e. The first kappa shape index (κ1) is 12.0. The molecule has 0 aliphatic heterocycles. The summed E-state index contributed by atoms with van der Waals surface area (Å²) >= 11 is 0. The van der Waals surface area contributed by atoms with Crippen molar-refractivity contribution in [3.05, 3.63) is 22.6 Å². The van der Waals surface area contributed by atoms with Crippen LogP contribution in [0.4, 0.5) is 0 Å². The summed E-state index contributed by atoms with van der Waals surface area (Å²) in [6.07, 6.45) is 0.503. The third kappa shape index (κ3) is 5.62. The number of carbonyl (C=O) groups excluding carboxylic acids is 2. The maximum Gasteiger partial charge on any atom is 0.333 e. The maximum absolute atomic E-state index is 11.0. The van der Waals surface area contributed by atoms with E-state index in [1.54, 1.807) is 0 Å². The Morgan fingerprint density at radius 3 is 3.00 bits per heavy atom. The molecule has 1 N–H and O–H groups in total. The highest BCUT2D eigenvalue weighted by Crippen LogP contribution is 1.95. The molecule has 0 heterocycles. The second-order valence-electron chi connectivity index (χ2n) is 2.20. The molecular formula is C7H10N4O3. The fourth-order valence-electron chi connectivity index (χ4n) is 0.545. The molecule has 0 saturated heterocycles. The van der Waals surface area contributed by atoms with Gasteiger partial charge in [-0.3, -0.25) is 4.79 Å². The lowest BCUT2D eigenvalue weighted by Gasteiger charge is -2.03. The van der Waals surface area contributed by atoms with Crippen LogP contribution in [0.15, 0.2) is 17.3 Å². The molecule has 0 aromatic heterocycles. The highest BCUT2D eigenvalue weighted by atomic mass is 16.5. The standard InChI is InChI=1S/C7H10N4O3/c1-6(4-10-11-8)7(13)14-3-2-9-5-12/h5H,1-4H2,(H,9,12). The van der Waals surface area contributed by atoms with Crippen LogP contribution in [0.2, 0.25) is 0 Å². The number of hydrogen-bond donors (Lipinski definition) is 1. The van der Waals surface area contributed by atoms with Gasteiger partial charge in [0.25, 0.3) is 0 Å². The summed E-state index contributed by atoms with van der Waals surface area (Å²) in [7, 11) is 0. The van der Waals surface area contributed by atoms with Crippen LogP contribution in [0, 0.1) is 0 Å². The molecule has 14 heavy (non-hydrogen) atoms. The molecule has 0 atom stereocenters. The van der Waals surface area contributed by atoms with Gasteiger partial charge in [-0.05, 0) is 5.53 Å². The van der Waals surface area contributed by atoms with Crippen molar-refractivity contribution in [2.24, 2.45) is 5.11 Å². The van der Waals surface area contributed by atoms with Crippen LogP contribution < -0.4 is 5.32 Å². The zero-order valence-electron chi connectivity index (χ0n) is 7.47. The van der Waals surface area contributed by atoms with Gasteiger partial charge in [-0.25, -0.2) is 4.79 Å². The summed E-state index contributed by atoms with van der Waals surface area (Å²) in [6, 6.07) is 0. The minimum atomic E-state index is -0.634. The summed E-state index contributed by atoms with van der Waals surface area (Å²) in [6.45, 7) is 3.55. The predicted molar refractivity (Wildman–Crippen MR) is 48.2 cm³/mol. The largest absolute Gasteiger partial charge is 0.460 e. The van der Waals surface area contributed by atoms with Crippen LogP contribution in [0.25, 0.3) is 10.4 Å². The average Bonchev–Trinajstić information content (AvgIpc) is 2.20. The molecular weight excluding hydrogens is 188 g/mol. The van der Waals surface area contributed by atoms with E-state index in [-0.39, 0.29) is 25.3 Å². The third-order valence-corrected chi connectivity index (χ3v) is 1.18. The number of esters is 1. The van der Waals surface area contributed by atoms with Crippen LogP contribution >= 0.6 is 0 Å². The second-order valence-corrected chi connectivity index (χ2v) is 2.20. The van der Waals surface area contributed by atoms with Gasteiger partial charge in [-0.2, -0.15) is 0 Å². The first-order valence-electron chi connectivity index (χ1n) is 3.75. The fourth-order valence-corrected chi connectivity index (χ4v) is 0.545. The summed E-state index contributed by atoms with van der Waals surface area (Å²) in [5, 5.41) is 5.46. The Labute approximate surface area is 80.4 Å². The Morgan fingerprint density at radius 1 is 1.71 bits per heavy atom. The molecule has 0 spiro atoms. The van der Waals surface area contributed by atoms with Crippen LogP contribution in [-0.2, 0) is 14.3 Å². The Morgan fingerprint density at radius 2 is 2.43 bits per heavy atom. The van der Waals surface area contributed by atoms with E-state index in [9.17, 15) is 9.59 Å². The molecule has 0 aromatic rings. The number of amides is 1. The molecule has 0 saturated carbocycles. The van der Waals surface area contributed by atoms with Crippen molar-refractivity contribution in [1.29, 1.82) is 0 Å². The number of hydrogen-bond acceptors (Lipinski definition) is 4. The van der Waals surface area contributed by atoms with E-state index in [1.165, 1.54) is 0 Å². The molecule has 7 nitrogen and oxygen atoms in total. The SMILES string of the molecule is C=C(CN=[N+]=[N-])C(=O)OCCNC=O. The van der Waals surface area contributed by atoms with Crippen molar-refractivity contribution in [3.8, 4) is 0 Å². The molecule has 0 rings (SSSR count). The zero-order valence-corrected chi connectivity index (χ0v) is 7.47. The first-order valence-corrected chi connectivity index (χ1v) is 3.75. The van der Waals surface area contributed by atoms with Gasteiger partial charge in [-0.15, -0.1) is 0 Å². The lowest BCUT2D eigenvalue weighted by atomic mass is 10.3. The quantitative estimate of drug-likeness (QED) is 0.120. The summed E-state index contributed by atoms with van der Waals surface area (Å²) < 4.78 is 4.66. The van der Waals surface area contributed by atoms with Gasteiger partial charge in [0.2, 0.25) is 6.41 Å². The van der Waals surface area contributed by atoms with Crippen molar-refractivity contribution in [1.82, 2.24) is 5.32 Å². The molecule has 0 aliphatic rings. The number of carbonyl (C=O) groups is 2. The normalized spacial score (nSPS) is 8.29. The van der Waals surface area contributed by atoms with Gasteiger partial charge in [0, 0.05) is 10.5 Å². The van der Waals surface area contributed by atoms with E-state index in [4.69, 9.17) is 5.53 Å². The molecule has 0 aliphatic carbocycles. The van der Waals surface area contributed by atoms with E-state index in [0.717, 1.165) is 0 Å². The van der Waals surface area contributed by atoms with Crippen molar-refractivity contribution in [3.63, 3.8) is 0 Å². The van der Waals surface area contributed by atoms with Gasteiger partial charge in [0.1, 0.15) is 6.61 Å². The number of azide groups is 1. The van der Waals surface area contributed by atoms with Gasteiger partial charge >= 0.3 is 5.97 Å². The molecule has 1 amide bonds. The van der Waals surface area contributed by atoms with Crippen molar-refractivity contribution < 1.29 is 14.3 Å². The van der Waals surface area contributed by atoms with Crippen LogP contribution in [0.1, 0.15) is 0 Å². The molecule has 0 fully saturated rings. The molecule has 0 aromatic carbocycles. The molecule has 0 unspecified atom stereocenters. The topological polar surface area (TPSA) is 104 Å². The maximum atomic E-state index is 11.0. The summed E-state index contributed by atoms with van der Waals surface area (Å²) in [5.74, 6) is -0.634. The Balaban J connectivity index is 3.67. The van der Waals surface area contributed by atoms with Crippen LogP contribution in [0.5, 0.6) is 0 Å². The zero-order chi connectivity index (χ0) is 10.8. The van der Waals surface area contributed by atoms with E-state index in [2.05, 4.69) is 26.7 Å². The lowest BCUT2D eigenvalue weighted by molar-refractivity contribution is -0.139. The molecule has 0 radical (unpaired) electrons. The van der Waals surface area contributed by atoms with Crippen LogP contribution in [-0.4, -0.2) is 32.1 Å². The Bertz CT molecular complexity index is 270. The first-order chi connectivity index (χ1) is 6.72. The van der Waals surface area contributed by atoms with Gasteiger partial charge in [-0.1, -0.05) is 11.7 Å². The van der Waals surface area contributed by atoms with Crippen molar-refractivity contribution in [2.75, 3.05) is 19.7 Å². The average molecular weight is 198 g/mol. The van der Waals surface area contributed by atoms with E-state index in [0.29, 0.717) is 6.41 Å². The van der Waals surface area contributed by atoms with Gasteiger partial charge in [0.05, 0.1) is 13.1 Å². The molecule has 7 heteroatoms. The number of rotatable bonds is 7. The molecule has 76 valence electrons. The number of nitrogens with one attached hydrogen (secondary N) is 1. The fraction of sp³-hybridized carbons (Fsp3) is 0.429. The monoisotopic (exact) mass is 198 g/mol. The Hall–Kier alpha value is -2.01. The van der Waals surface area contributed by atoms with E-state index in [1.807, 2.05) is 0 Å². The summed E-state index contributed by atoms with van der Waals surface area (Å²) in [5.41, 5.74) is 8.04. The molecule has 0 bridgehead atoms. The van der Waals surface area contributed by atoms with Gasteiger partial charge < -0.3 is 10.1 Å². The van der Waals surface area contributed by atoms with E-state index < -0.39 is 5.97 Å².